The molecule has 0 fully saturated rings. The van der Waals surface area contributed by atoms with Crippen LogP contribution in [0.2, 0.25) is 0 Å². The molecule has 272 valence electrons. The molecule has 3 aliphatic rings. The minimum Gasteiger partial charge on any atom is -0.457 e. The van der Waals surface area contributed by atoms with Gasteiger partial charge >= 0.3 is 0 Å². The number of para-hydroxylation sites is 1. The van der Waals surface area contributed by atoms with Gasteiger partial charge in [0.2, 0.25) is 0 Å². The van der Waals surface area contributed by atoms with Gasteiger partial charge in [0.15, 0.2) is 5.82 Å². The molecule has 0 N–H and O–H groups in total. The lowest BCUT2D eigenvalue weighted by molar-refractivity contribution is 0.374. The van der Waals surface area contributed by atoms with Crippen molar-refractivity contribution in [1.82, 2.24) is 9.97 Å². The molecule has 58 heavy (non-hydrogen) atoms. The van der Waals surface area contributed by atoms with Gasteiger partial charge in [0.1, 0.15) is 11.5 Å². The van der Waals surface area contributed by atoms with E-state index in [0.717, 1.165) is 50.7 Å². The number of ether oxygens (including phenoxy) is 1. The maximum Gasteiger partial charge on any atom is 0.161 e. The smallest absolute Gasteiger partial charge is 0.161 e. The molecule has 12 rings (SSSR count). The standard InChI is InChI=1S/C55H36N2O/c1-2-15-36(16-3-1)50-34-51(39-28-30-42-37(32-39)27-26-35-14-4-5-17-40(35)42)57-54(56-50)45-21-7-6-18-41(45)38-29-31-53-49(33-38)55(48-24-12-13-25-52(48)58-53)46-22-10-8-19-43(46)44-20-9-11-23-47(44)55/h1-34,43,46H. The fourth-order valence-corrected chi connectivity index (χ4v) is 10.1. The summed E-state index contributed by atoms with van der Waals surface area (Å²) in [5, 5.41) is 4.91. The summed E-state index contributed by atoms with van der Waals surface area (Å²) in [6, 6.07) is 65.2. The minimum atomic E-state index is -0.435. The third-order valence-corrected chi connectivity index (χ3v) is 12.6. The highest BCUT2D eigenvalue weighted by Crippen LogP contribution is 2.64. The number of hydrogen-bond acceptors (Lipinski definition) is 3. The van der Waals surface area contributed by atoms with E-state index < -0.39 is 5.41 Å². The summed E-state index contributed by atoms with van der Waals surface area (Å²) >= 11 is 0. The zero-order valence-electron chi connectivity index (χ0n) is 31.6. The van der Waals surface area contributed by atoms with Crippen molar-refractivity contribution in [3.8, 4) is 56.5 Å². The molecule has 3 nitrogen and oxygen atoms in total. The van der Waals surface area contributed by atoms with Gasteiger partial charge < -0.3 is 4.74 Å². The van der Waals surface area contributed by atoms with E-state index in [1.165, 1.54) is 43.8 Å². The molecule has 3 heteroatoms. The zero-order valence-corrected chi connectivity index (χ0v) is 31.6. The second kappa shape index (κ2) is 12.8. The first-order chi connectivity index (χ1) is 28.7. The SMILES string of the molecule is C1=CC2c3ccccc3C3(c4ccccc4Oc4ccc(-c5ccccc5-c5nc(-c6ccccc6)cc(-c6ccc7c(ccc8ccccc87)c6)n5)cc43)C2C=C1. The van der Waals surface area contributed by atoms with Crippen LogP contribution in [0, 0.1) is 5.92 Å². The molecule has 0 amide bonds. The first-order valence-electron chi connectivity index (χ1n) is 20.1. The maximum atomic E-state index is 6.78. The van der Waals surface area contributed by atoms with Crippen LogP contribution in [-0.2, 0) is 5.41 Å². The van der Waals surface area contributed by atoms with Crippen molar-refractivity contribution < 1.29 is 4.74 Å². The number of fused-ring (bicyclic) bond motifs is 12. The number of aromatic nitrogens is 2. The Kier molecular flexibility index (Phi) is 7.27. The second-order valence-corrected chi connectivity index (χ2v) is 15.6. The van der Waals surface area contributed by atoms with Gasteiger partial charge in [0.25, 0.3) is 0 Å². The molecule has 1 aliphatic heterocycles. The molecular formula is C55H36N2O. The molecule has 8 aromatic carbocycles. The van der Waals surface area contributed by atoms with Gasteiger partial charge in [-0.25, -0.2) is 9.97 Å². The molecule has 0 radical (unpaired) electrons. The van der Waals surface area contributed by atoms with E-state index in [9.17, 15) is 0 Å². The lowest BCUT2D eigenvalue weighted by Crippen LogP contribution is -2.37. The predicted octanol–water partition coefficient (Wildman–Crippen LogP) is 13.7. The van der Waals surface area contributed by atoms with Crippen molar-refractivity contribution in [3.63, 3.8) is 0 Å². The molecule has 3 atom stereocenters. The average Bonchev–Trinajstić information content (AvgIpc) is 3.59. The Bertz CT molecular complexity index is 3180. The number of hydrogen-bond donors (Lipinski definition) is 0. The van der Waals surface area contributed by atoms with Crippen LogP contribution in [0.1, 0.15) is 28.2 Å². The van der Waals surface area contributed by atoms with Crippen molar-refractivity contribution in [1.29, 1.82) is 0 Å². The molecular weight excluding hydrogens is 705 g/mol. The Morgan fingerprint density at radius 3 is 2.02 bits per heavy atom. The molecule has 1 aromatic heterocycles. The minimum absolute atomic E-state index is 0.192. The number of benzene rings is 8. The monoisotopic (exact) mass is 740 g/mol. The van der Waals surface area contributed by atoms with Crippen LogP contribution in [-0.4, -0.2) is 9.97 Å². The van der Waals surface area contributed by atoms with Crippen molar-refractivity contribution >= 4 is 21.5 Å². The zero-order chi connectivity index (χ0) is 38.2. The highest BCUT2D eigenvalue weighted by molar-refractivity contribution is 6.08. The van der Waals surface area contributed by atoms with Crippen LogP contribution in [0.15, 0.2) is 206 Å². The van der Waals surface area contributed by atoms with E-state index in [0.29, 0.717) is 5.82 Å². The first kappa shape index (κ1) is 32.8. The van der Waals surface area contributed by atoms with E-state index in [1.54, 1.807) is 0 Å². The first-order valence-corrected chi connectivity index (χ1v) is 20.1. The van der Waals surface area contributed by atoms with Gasteiger partial charge in [-0.05, 0) is 74.1 Å². The van der Waals surface area contributed by atoms with Crippen molar-refractivity contribution in [2.75, 3.05) is 0 Å². The highest BCUT2D eigenvalue weighted by Gasteiger charge is 2.56. The topological polar surface area (TPSA) is 35.0 Å². The molecule has 2 heterocycles. The van der Waals surface area contributed by atoms with Gasteiger partial charge in [-0.2, -0.15) is 0 Å². The van der Waals surface area contributed by atoms with E-state index in [4.69, 9.17) is 14.7 Å². The quantitative estimate of drug-likeness (QED) is 0.169. The summed E-state index contributed by atoms with van der Waals surface area (Å²) in [5.74, 6) is 2.95. The summed E-state index contributed by atoms with van der Waals surface area (Å²) in [5.41, 5.74) is 11.7. The second-order valence-electron chi connectivity index (χ2n) is 15.6. The fraction of sp³-hybridized carbons (Fsp3) is 0.0545. The molecule has 0 bridgehead atoms. The Labute approximate surface area is 337 Å². The van der Waals surface area contributed by atoms with E-state index in [-0.39, 0.29) is 11.8 Å². The predicted molar refractivity (Wildman–Crippen MR) is 236 cm³/mol. The van der Waals surface area contributed by atoms with E-state index in [2.05, 4.69) is 200 Å². The maximum absolute atomic E-state index is 6.78. The third kappa shape index (κ3) is 4.86. The summed E-state index contributed by atoms with van der Waals surface area (Å²) in [7, 11) is 0. The van der Waals surface area contributed by atoms with E-state index in [1.807, 2.05) is 6.07 Å². The van der Waals surface area contributed by atoms with Crippen LogP contribution < -0.4 is 4.74 Å². The number of allylic oxidation sites excluding steroid dienone is 4. The molecule has 0 saturated heterocycles. The fourth-order valence-electron chi connectivity index (χ4n) is 10.1. The Balaban J connectivity index is 1.05. The summed E-state index contributed by atoms with van der Waals surface area (Å²) < 4.78 is 6.78. The molecule has 2 aliphatic carbocycles. The van der Waals surface area contributed by atoms with Gasteiger partial charge in [-0.15, -0.1) is 0 Å². The largest absolute Gasteiger partial charge is 0.457 e. The Morgan fingerprint density at radius 2 is 1.10 bits per heavy atom. The third-order valence-electron chi connectivity index (χ3n) is 12.6. The highest BCUT2D eigenvalue weighted by atomic mass is 16.5. The van der Waals surface area contributed by atoms with E-state index >= 15 is 0 Å². The average molecular weight is 741 g/mol. The van der Waals surface area contributed by atoms with Crippen LogP contribution in [0.5, 0.6) is 11.5 Å². The van der Waals surface area contributed by atoms with Crippen LogP contribution in [0.25, 0.3) is 66.6 Å². The number of rotatable bonds is 4. The summed E-state index contributed by atoms with van der Waals surface area (Å²) in [6.45, 7) is 0. The van der Waals surface area contributed by atoms with Crippen LogP contribution in [0.3, 0.4) is 0 Å². The van der Waals surface area contributed by atoms with Crippen molar-refractivity contribution in [2.45, 2.75) is 11.3 Å². The molecule has 3 unspecified atom stereocenters. The van der Waals surface area contributed by atoms with Crippen LogP contribution >= 0.6 is 0 Å². The number of nitrogens with zero attached hydrogens (tertiary/aromatic N) is 2. The lowest BCUT2D eigenvalue weighted by atomic mass is 9.61. The van der Waals surface area contributed by atoms with Gasteiger partial charge in [-0.3, -0.25) is 0 Å². The van der Waals surface area contributed by atoms with Gasteiger partial charge in [0, 0.05) is 39.7 Å². The normalized spacial score (nSPS) is 18.4. The van der Waals surface area contributed by atoms with Crippen molar-refractivity contribution in [2.24, 2.45) is 5.92 Å². The molecule has 1 spiro atoms. The summed E-state index contributed by atoms with van der Waals surface area (Å²) in [6.07, 6.45) is 9.21. The molecule has 0 saturated carbocycles. The van der Waals surface area contributed by atoms with Gasteiger partial charge in [-0.1, -0.05) is 176 Å². The Morgan fingerprint density at radius 1 is 0.431 bits per heavy atom. The summed E-state index contributed by atoms with van der Waals surface area (Å²) in [4.78, 5) is 10.7. The van der Waals surface area contributed by atoms with Crippen molar-refractivity contribution in [3.05, 3.63) is 229 Å². The lowest BCUT2D eigenvalue weighted by Gasteiger charge is -2.43. The molecule has 9 aromatic rings. The van der Waals surface area contributed by atoms with Crippen LogP contribution in [0.4, 0.5) is 0 Å². The van der Waals surface area contributed by atoms with Gasteiger partial charge in [0.05, 0.1) is 16.8 Å². The Hall–Kier alpha value is -7.36.